The number of hydrogen-bond donors (Lipinski definition) is 0. The molecule has 0 N–H and O–H groups in total. The SMILES string of the molecule is CN(C)Cc1ccc(C(=O)N2CCOc3ccccc3C2)cc1. The lowest BCUT2D eigenvalue weighted by Crippen LogP contribution is -2.32. The molecule has 120 valence electrons. The number of para-hydroxylation sites is 1. The molecule has 1 aliphatic heterocycles. The molecule has 0 unspecified atom stereocenters. The molecule has 3 rings (SSSR count). The molecule has 4 heteroatoms. The van der Waals surface area contributed by atoms with E-state index < -0.39 is 0 Å². The highest BCUT2D eigenvalue weighted by Gasteiger charge is 2.20. The standard InChI is InChI=1S/C19H22N2O2/c1-20(2)13-15-7-9-16(10-8-15)19(22)21-11-12-23-18-6-4-3-5-17(18)14-21/h3-10H,11-14H2,1-2H3. The van der Waals surface area contributed by atoms with Gasteiger partial charge in [-0.3, -0.25) is 4.79 Å². The predicted octanol–water partition coefficient (Wildman–Crippen LogP) is 2.78. The summed E-state index contributed by atoms with van der Waals surface area (Å²) in [6.45, 7) is 2.60. The molecular weight excluding hydrogens is 288 g/mol. The van der Waals surface area contributed by atoms with Gasteiger partial charge in [0.2, 0.25) is 0 Å². The summed E-state index contributed by atoms with van der Waals surface area (Å²) in [5.41, 5.74) is 2.99. The molecule has 1 amide bonds. The third-order valence-electron chi connectivity index (χ3n) is 3.94. The molecule has 0 saturated carbocycles. The summed E-state index contributed by atoms with van der Waals surface area (Å²) in [5, 5.41) is 0. The van der Waals surface area contributed by atoms with Gasteiger partial charge in [-0.2, -0.15) is 0 Å². The second-order valence-electron chi connectivity index (χ2n) is 6.12. The highest BCUT2D eigenvalue weighted by molar-refractivity contribution is 5.94. The molecule has 23 heavy (non-hydrogen) atoms. The Morgan fingerprint density at radius 2 is 1.87 bits per heavy atom. The van der Waals surface area contributed by atoms with Crippen molar-refractivity contribution >= 4 is 5.91 Å². The Bertz CT molecular complexity index is 680. The maximum atomic E-state index is 12.8. The lowest BCUT2D eigenvalue weighted by molar-refractivity contribution is 0.0733. The Morgan fingerprint density at radius 3 is 2.61 bits per heavy atom. The van der Waals surface area contributed by atoms with Crippen LogP contribution in [-0.4, -0.2) is 43.0 Å². The van der Waals surface area contributed by atoms with Gasteiger partial charge in [-0.05, 0) is 37.9 Å². The van der Waals surface area contributed by atoms with Crippen molar-refractivity contribution in [2.24, 2.45) is 0 Å². The Morgan fingerprint density at radius 1 is 1.13 bits per heavy atom. The molecule has 1 heterocycles. The van der Waals surface area contributed by atoms with Gasteiger partial charge in [-0.15, -0.1) is 0 Å². The summed E-state index contributed by atoms with van der Waals surface area (Å²) in [4.78, 5) is 16.7. The summed E-state index contributed by atoms with van der Waals surface area (Å²) in [7, 11) is 4.07. The van der Waals surface area contributed by atoms with Crippen molar-refractivity contribution in [1.82, 2.24) is 9.80 Å². The first-order valence-corrected chi connectivity index (χ1v) is 7.87. The number of amides is 1. The molecule has 0 aromatic heterocycles. The van der Waals surface area contributed by atoms with Gasteiger partial charge in [-0.1, -0.05) is 30.3 Å². The Labute approximate surface area is 137 Å². The minimum Gasteiger partial charge on any atom is -0.491 e. The number of ether oxygens (including phenoxy) is 1. The number of carbonyl (C=O) groups is 1. The molecule has 0 saturated heterocycles. The largest absolute Gasteiger partial charge is 0.491 e. The number of hydrogen-bond acceptors (Lipinski definition) is 3. The summed E-state index contributed by atoms with van der Waals surface area (Å²) >= 11 is 0. The van der Waals surface area contributed by atoms with E-state index in [2.05, 4.69) is 4.90 Å². The van der Waals surface area contributed by atoms with Crippen molar-refractivity contribution in [2.75, 3.05) is 27.2 Å². The van der Waals surface area contributed by atoms with E-state index in [1.165, 1.54) is 5.56 Å². The smallest absolute Gasteiger partial charge is 0.254 e. The van der Waals surface area contributed by atoms with Gasteiger partial charge in [0.25, 0.3) is 5.91 Å². The van der Waals surface area contributed by atoms with E-state index in [-0.39, 0.29) is 5.91 Å². The summed E-state index contributed by atoms with van der Waals surface area (Å²) in [6.07, 6.45) is 0. The second-order valence-corrected chi connectivity index (χ2v) is 6.12. The quantitative estimate of drug-likeness (QED) is 0.874. The molecule has 0 spiro atoms. The van der Waals surface area contributed by atoms with Crippen LogP contribution in [0.3, 0.4) is 0 Å². The van der Waals surface area contributed by atoms with Gasteiger partial charge in [0.15, 0.2) is 0 Å². The number of nitrogens with zero attached hydrogens (tertiary/aromatic N) is 2. The van der Waals surface area contributed by atoms with E-state index >= 15 is 0 Å². The van der Waals surface area contributed by atoms with Crippen LogP contribution in [0.2, 0.25) is 0 Å². The summed E-state index contributed by atoms with van der Waals surface area (Å²) < 4.78 is 5.73. The van der Waals surface area contributed by atoms with Crippen molar-refractivity contribution in [3.05, 3.63) is 65.2 Å². The molecule has 0 bridgehead atoms. The highest BCUT2D eigenvalue weighted by atomic mass is 16.5. The van der Waals surface area contributed by atoms with E-state index in [0.717, 1.165) is 23.4 Å². The van der Waals surface area contributed by atoms with E-state index in [4.69, 9.17) is 4.74 Å². The van der Waals surface area contributed by atoms with Crippen molar-refractivity contribution in [2.45, 2.75) is 13.1 Å². The number of carbonyl (C=O) groups excluding carboxylic acids is 1. The lowest BCUT2D eigenvalue weighted by Gasteiger charge is -2.20. The molecule has 0 radical (unpaired) electrons. The number of rotatable bonds is 3. The van der Waals surface area contributed by atoms with Crippen LogP contribution >= 0.6 is 0 Å². The molecule has 1 aliphatic rings. The first-order chi connectivity index (χ1) is 11.1. The summed E-state index contributed by atoms with van der Waals surface area (Å²) in [6, 6.07) is 15.8. The molecule has 2 aromatic rings. The molecular formula is C19H22N2O2. The third-order valence-corrected chi connectivity index (χ3v) is 3.94. The molecule has 0 atom stereocenters. The zero-order chi connectivity index (χ0) is 16.2. The van der Waals surface area contributed by atoms with Crippen LogP contribution in [0, 0.1) is 0 Å². The molecule has 2 aromatic carbocycles. The van der Waals surface area contributed by atoms with Gasteiger partial charge < -0.3 is 14.5 Å². The summed E-state index contributed by atoms with van der Waals surface area (Å²) in [5.74, 6) is 0.936. The average molecular weight is 310 g/mol. The zero-order valence-electron chi connectivity index (χ0n) is 13.7. The normalized spacial score (nSPS) is 14.1. The van der Waals surface area contributed by atoms with Crippen LogP contribution in [0.1, 0.15) is 21.5 Å². The fourth-order valence-electron chi connectivity index (χ4n) is 2.80. The molecule has 0 fully saturated rings. The maximum absolute atomic E-state index is 12.8. The maximum Gasteiger partial charge on any atom is 0.254 e. The van der Waals surface area contributed by atoms with Crippen LogP contribution in [0.25, 0.3) is 0 Å². The van der Waals surface area contributed by atoms with Crippen LogP contribution in [0.15, 0.2) is 48.5 Å². The second kappa shape index (κ2) is 6.84. The Hall–Kier alpha value is -2.33. The highest BCUT2D eigenvalue weighted by Crippen LogP contribution is 2.23. The minimum atomic E-state index is 0.0571. The monoisotopic (exact) mass is 310 g/mol. The zero-order valence-corrected chi connectivity index (χ0v) is 13.7. The first-order valence-electron chi connectivity index (χ1n) is 7.87. The van der Waals surface area contributed by atoms with Gasteiger partial charge in [0.1, 0.15) is 12.4 Å². The van der Waals surface area contributed by atoms with Crippen molar-refractivity contribution in [3.63, 3.8) is 0 Å². The minimum absolute atomic E-state index is 0.0571. The molecule has 4 nitrogen and oxygen atoms in total. The van der Waals surface area contributed by atoms with Crippen molar-refractivity contribution < 1.29 is 9.53 Å². The van der Waals surface area contributed by atoms with Gasteiger partial charge >= 0.3 is 0 Å². The Kier molecular flexibility index (Phi) is 4.63. The Balaban J connectivity index is 1.75. The first kappa shape index (κ1) is 15.6. The van der Waals surface area contributed by atoms with Crippen LogP contribution in [0.4, 0.5) is 0 Å². The van der Waals surface area contributed by atoms with E-state index in [9.17, 15) is 4.79 Å². The number of fused-ring (bicyclic) bond motifs is 1. The fraction of sp³-hybridized carbons (Fsp3) is 0.316. The van der Waals surface area contributed by atoms with Gasteiger partial charge in [0, 0.05) is 24.2 Å². The average Bonchev–Trinajstić information content (AvgIpc) is 2.76. The van der Waals surface area contributed by atoms with E-state index in [1.54, 1.807) is 0 Å². The van der Waals surface area contributed by atoms with E-state index in [1.807, 2.05) is 67.5 Å². The predicted molar refractivity (Wildman–Crippen MR) is 90.5 cm³/mol. The van der Waals surface area contributed by atoms with Gasteiger partial charge in [-0.25, -0.2) is 0 Å². The third kappa shape index (κ3) is 3.71. The lowest BCUT2D eigenvalue weighted by atomic mass is 10.1. The van der Waals surface area contributed by atoms with Crippen molar-refractivity contribution in [3.8, 4) is 5.75 Å². The van der Waals surface area contributed by atoms with E-state index in [0.29, 0.717) is 19.7 Å². The van der Waals surface area contributed by atoms with Gasteiger partial charge in [0.05, 0.1) is 6.54 Å². The fourth-order valence-corrected chi connectivity index (χ4v) is 2.80. The molecule has 0 aliphatic carbocycles. The van der Waals surface area contributed by atoms with Crippen LogP contribution < -0.4 is 4.74 Å². The number of benzene rings is 2. The van der Waals surface area contributed by atoms with Crippen molar-refractivity contribution in [1.29, 1.82) is 0 Å². The topological polar surface area (TPSA) is 32.8 Å². The van der Waals surface area contributed by atoms with Crippen LogP contribution in [0.5, 0.6) is 5.75 Å². The van der Waals surface area contributed by atoms with Crippen LogP contribution in [-0.2, 0) is 13.1 Å².